The zero-order valence-electron chi connectivity index (χ0n) is 31.0. The summed E-state index contributed by atoms with van der Waals surface area (Å²) in [5, 5.41) is 14.7. The summed E-state index contributed by atoms with van der Waals surface area (Å²) in [6, 6.07) is 63.6. The molecule has 8 aromatic carbocycles. The number of nitriles is 1. The van der Waals surface area contributed by atoms with Crippen LogP contribution in [0, 0.1) is 32.1 Å². The molecule has 3 nitrogen and oxygen atoms in total. The Bertz CT molecular complexity index is 3200. The molecule has 0 saturated heterocycles. The van der Waals surface area contributed by atoms with Gasteiger partial charge < -0.3 is 9.13 Å². The fourth-order valence-electron chi connectivity index (χ4n) is 8.70. The monoisotopic (exact) mass is 703 g/mol. The highest BCUT2D eigenvalue weighted by Gasteiger charge is 2.22. The Hall–Kier alpha value is -7.15. The van der Waals surface area contributed by atoms with E-state index in [4.69, 9.17) is 0 Å². The highest BCUT2D eigenvalue weighted by atomic mass is 15.1. The highest BCUT2D eigenvalue weighted by molar-refractivity contribution is 6.13. The lowest BCUT2D eigenvalue weighted by Crippen LogP contribution is -2.05. The maximum Gasteiger partial charge on any atom is 0.0991 e. The van der Waals surface area contributed by atoms with Gasteiger partial charge in [0, 0.05) is 21.5 Å². The van der Waals surface area contributed by atoms with Gasteiger partial charge in [-0.05, 0) is 132 Å². The fourth-order valence-corrected chi connectivity index (χ4v) is 8.70. The third-order valence-corrected chi connectivity index (χ3v) is 11.4. The minimum absolute atomic E-state index is 0.648. The van der Waals surface area contributed by atoms with Crippen molar-refractivity contribution in [2.45, 2.75) is 20.8 Å². The number of benzene rings is 8. The molecular weight excluding hydrogens is 667 g/mol. The van der Waals surface area contributed by atoms with Crippen molar-refractivity contribution in [2.24, 2.45) is 0 Å². The van der Waals surface area contributed by atoms with Crippen LogP contribution in [0.2, 0.25) is 0 Å². The average Bonchev–Trinajstić information content (AvgIpc) is 3.73. The molecule has 3 heteroatoms. The molecule has 2 aromatic heterocycles. The van der Waals surface area contributed by atoms with Crippen LogP contribution in [0.4, 0.5) is 0 Å². The Kier molecular flexibility index (Phi) is 7.54. The lowest BCUT2D eigenvalue weighted by molar-refractivity contribution is 1.09. The standard InChI is InChI=1S/C52H37N3/c1-33-13-4-6-17-40(33)38-23-25-49-45(29-38)42-19-8-10-21-47(42)54(49)51-27-35(3)44(37-16-12-15-36(28-37)32-53)31-52(51)55-48-22-11-9-20-43(48)46-30-39(24-26-50(46)55)41-18-7-5-14-34(41)2/h4-31H,1-3H3. The van der Waals surface area contributed by atoms with Crippen LogP contribution in [-0.2, 0) is 0 Å². The van der Waals surface area contributed by atoms with Crippen molar-refractivity contribution in [2.75, 3.05) is 0 Å². The zero-order valence-corrected chi connectivity index (χ0v) is 31.0. The van der Waals surface area contributed by atoms with Crippen molar-refractivity contribution in [3.05, 3.63) is 192 Å². The minimum Gasteiger partial charge on any atom is -0.307 e. The normalized spacial score (nSPS) is 11.5. The van der Waals surface area contributed by atoms with Gasteiger partial charge in [-0.1, -0.05) is 109 Å². The average molecular weight is 704 g/mol. The quantitative estimate of drug-likeness (QED) is 0.176. The van der Waals surface area contributed by atoms with Crippen LogP contribution in [-0.4, -0.2) is 9.13 Å². The largest absolute Gasteiger partial charge is 0.307 e. The SMILES string of the molecule is Cc1ccccc1-c1ccc2c(c1)c1ccccc1n2-c1cc(C)c(-c2cccc(C#N)c2)cc1-n1c2ccccc2c2cc(-c3ccccc3C)ccc21. The lowest BCUT2D eigenvalue weighted by Gasteiger charge is -2.20. The summed E-state index contributed by atoms with van der Waals surface area (Å²) in [4.78, 5) is 0. The van der Waals surface area contributed by atoms with Gasteiger partial charge in [-0.2, -0.15) is 5.26 Å². The van der Waals surface area contributed by atoms with Gasteiger partial charge in [-0.3, -0.25) is 0 Å². The van der Waals surface area contributed by atoms with Gasteiger partial charge in [0.1, 0.15) is 0 Å². The first-order chi connectivity index (χ1) is 27.0. The molecule has 0 saturated carbocycles. The predicted molar refractivity (Wildman–Crippen MR) is 230 cm³/mol. The lowest BCUT2D eigenvalue weighted by atomic mass is 9.97. The molecule has 0 fully saturated rings. The van der Waals surface area contributed by atoms with Crippen LogP contribution in [0.1, 0.15) is 22.3 Å². The van der Waals surface area contributed by atoms with E-state index in [-0.39, 0.29) is 0 Å². The summed E-state index contributed by atoms with van der Waals surface area (Å²) in [6.07, 6.45) is 0. The smallest absolute Gasteiger partial charge is 0.0991 e. The van der Waals surface area contributed by atoms with Gasteiger partial charge >= 0.3 is 0 Å². The molecular formula is C52H37N3. The van der Waals surface area contributed by atoms with Gasteiger partial charge in [0.2, 0.25) is 0 Å². The second-order valence-electron chi connectivity index (χ2n) is 14.6. The van der Waals surface area contributed by atoms with Crippen LogP contribution in [0.5, 0.6) is 0 Å². The topological polar surface area (TPSA) is 33.6 Å². The number of hydrogen-bond acceptors (Lipinski definition) is 1. The van der Waals surface area contributed by atoms with E-state index in [1.165, 1.54) is 54.9 Å². The van der Waals surface area contributed by atoms with Crippen molar-refractivity contribution in [3.63, 3.8) is 0 Å². The van der Waals surface area contributed by atoms with E-state index in [0.717, 1.165) is 50.1 Å². The number of aromatic nitrogens is 2. The third-order valence-electron chi connectivity index (χ3n) is 11.4. The van der Waals surface area contributed by atoms with Crippen LogP contribution < -0.4 is 0 Å². The maximum absolute atomic E-state index is 9.86. The number of aryl methyl sites for hydroxylation is 3. The van der Waals surface area contributed by atoms with E-state index >= 15 is 0 Å². The molecule has 10 rings (SSSR count). The van der Waals surface area contributed by atoms with E-state index in [2.05, 4.69) is 188 Å². The van der Waals surface area contributed by atoms with Crippen molar-refractivity contribution >= 4 is 43.6 Å². The molecule has 0 radical (unpaired) electrons. The summed E-state index contributed by atoms with van der Waals surface area (Å²) in [5.74, 6) is 0. The molecule has 0 N–H and O–H groups in total. The van der Waals surface area contributed by atoms with Crippen molar-refractivity contribution in [1.82, 2.24) is 9.13 Å². The molecule has 0 spiro atoms. The Morgan fingerprint density at radius 3 is 1.38 bits per heavy atom. The van der Waals surface area contributed by atoms with Gasteiger partial charge in [0.05, 0.1) is 45.1 Å². The fraction of sp³-hybridized carbons (Fsp3) is 0.0577. The molecule has 260 valence electrons. The molecule has 0 amide bonds. The first-order valence-corrected chi connectivity index (χ1v) is 18.8. The number of nitrogens with zero attached hydrogens (tertiary/aromatic N) is 3. The molecule has 2 heterocycles. The predicted octanol–water partition coefficient (Wildman–Crippen LogP) is 13.7. The third kappa shape index (κ3) is 5.18. The summed E-state index contributed by atoms with van der Waals surface area (Å²) in [7, 11) is 0. The first-order valence-electron chi connectivity index (χ1n) is 18.8. The van der Waals surface area contributed by atoms with Crippen LogP contribution in [0.3, 0.4) is 0 Å². The molecule has 0 aliphatic heterocycles. The summed E-state index contributed by atoms with van der Waals surface area (Å²) in [6.45, 7) is 6.55. The van der Waals surface area contributed by atoms with Gasteiger partial charge in [-0.15, -0.1) is 0 Å². The molecule has 10 aromatic rings. The molecule has 0 unspecified atom stereocenters. The van der Waals surface area contributed by atoms with E-state index < -0.39 is 0 Å². The highest BCUT2D eigenvalue weighted by Crippen LogP contribution is 2.42. The minimum atomic E-state index is 0.648. The van der Waals surface area contributed by atoms with Crippen molar-refractivity contribution in [1.29, 1.82) is 5.26 Å². The van der Waals surface area contributed by atoms with Crippen molar-refractivity contribution in [3.8, 4) is 50.8 Å². The van der Waals surface area contributed by atoms with Crippen molar-refractivity contribution < 1.29 is 0 Å². The molecule has 0 atom stereocenters. The summed E-state index contributed by atoms with van der Waals surface area (Å²) in [5.41, 5.74) is 18.1. The van der Waals surface area contributed by atoms with Gasteiger partial charge in [-0.25, -0.2) is 0 Å². The molecule has 0 aliphatic rings. The van der Waals surface area contributed by atoms with Crippen LogP contribution in [0.15, 0.2) is 170 Å². The summed E-state index contributed by atoms with van der Waals surface area (Å²) < 4.78 is 4.90. The number of para-hydroxylation sites is 2. The Morgan fingerprint density at radius 2 is 0.836 bits per heavy atom. The Labute approximate surface area is 320 Å². The Morgan fingerprint density at radius 1 is 0.364 bits per heavy atom. The number of rotatable bonds is 5. The molecule has 0 bridgehead atoms. The van der Waals surface area contributed by atoms with E-state index in [1.807, 2.05) is 18.2 Å². The number of fused-ring (bicyclic) bond motifs is 6. The van der Waals surface area contributed by atoms with E-state index in [1.54, 1.807) is 0 Å². The van der Waals surface area contributed by atoms with Gasteiger partial charge in [0.15, 0.2) is 0 Å². The number of hydrogen-bond donors (Lipinski definition) is 0. The molecule has 55 heavy (non-hydrogen) atoms. The maximum atomic E-state index is 9.86. The van der Waals surface area contributed by atoms with Crippen LogP contribution in [0.25, 0.3) is 88.4 Å². The van der Waals surface area contributed by atoms with Crippen LogP contribution >= 0.6 is 0 Å². The Balaban J connectivity index is 1.31. The van der Waals surface area contributed by atoms with E-state index in [0.29, 0.717) is 5.56 Å². The second-order valence-corrected chi connectivity index (χ2v) is 14.6. The van der Waals surface area contributed by atoms with Gasteiger partial charge in [0.25, 0.3) is 0 Å². The molecule has 0 aliphatic carbocycles. The van der Waals surface area contributed by atoms with E-state index in [9.17, 15) is 5.26 Å². The second kappa shape index (κ2) is 12.8. The summed E-state index contributed by atoms with van der Waals surface area (Å²) >= 11 is 0. The zero-order chi connectivity index (χ0) is 37.2. The first kappa shape index (κ1) is 32.5.